The van der Waals surface area contributed by atoms with Crippen LogP contribution in [0.4, 0.5) is 22.7 Å². The van der Waals surface area contributed by atoms with Crippen molar-refractivity contribution in [1.29, 1.82) is 0 Å². The summed E-state index contributed by atoms with van der Waals surface area (Å²) in [6.45, 7) is 6.35. The number of nitrogens with zero attached hydrogens (tertiary/aromatic N) is 1. The predicted molar refractivity (Wildman–Crippen MR) is 195 cm³/mol. The number of rotatable bonds is 9. The predicted octanol–water partition coefficient (Wildman–Crippen LogP) is 11.9. The molecule has 6 aromatic rings. The standard InChI is InChI=1S/C43H38N2/c1-32-9-23-39(24-10-32)44-43(31-37-7-5-4-6-8-37)38-21-17-35(18-22-38)15-16-36-19-29-42(30-20-36)45(40-25-11-33(2)12-26-40)41-27-13-34(3)14-28-41/h4-31,44H,1-3H3. The molecule has 0 amide bonds. The third-order valence-corrected chi connectivity index (χ3v) is 7.87. The lowest BCUT2D eigenvalue weighted by Crippen LogP contribution is -2.09. The van der Waals surface area contributed by atoms with Gasteiger partial charge in [-0.1, -0.05) is 132 Å². The second-order valence-electron chi connectivity index (χ2n) is 11.5. The number of hydrogen-bond acceptors (Lipinski definition) is 2. The summed E-state index contributed by atoms with van der Waals surface area (Å²) < 4.78 is 0. The first kappa shape index (κ1) is 29.5. The summed E-state index contributed by atoms with van der Waals surface area (Å²) >= 11 is 0. The fourth-order valence-corrected chi connectivity index (χ4v) is 5.24. The summed E-state index contributed by atoms with van der Waals surface area (Å²) in [7, 11) is 0. The zero-order valence-corrected chi connectivity index (χ0v) is 26.1. The van der Waals surface area contributed by atoms with Crippen LogP contribution in [0.5, 0.6) is 0 Å². The van der Waals surface area contributed by atoms with Crippen molar-refractivity contribution in [2.75, 3.05) is 10.2 Å². The van der Waals surface area contributed by atoms with Gasteiger partial charge in [0.2, 0.25) is 0 Å². The van der Waals surface area contributed by atoms with Crippen LogP contribution in [0.15, 0.2) is 152 Å². The Morgan fingerprint density at radius 2 is 0.867 bits per heavy atom. The highest BCUT2D eigenvalue weighted by Gasteiger charge is 2.12. The van der Waals surface area contributed by atoms with Gasteiger partial charge in [-0.2, -0.15) is 0 Å². The maximum atomic E-state index is 3.63. The Morgan fingerprint density at radius 3 is 1.36 bits per heavy atom. The molecule has 2 heteroatoms. The Morgan fingerprint density at radius 1 is 0.444 bits per heavy atom. The largest absolute Gasteiger partial charge is 0.355 e. The van der Waals surface area contributed by atoms with Gasteiger partial charge in [-0.15, -0.1) is 0 Å². The smallest absolute Gasteiger partial charge is 0.0463 e. The molecule has 0 saturated carbocycles. The van der Waals surface area contributed by atoms with E-state index in [1.54, 1.807) is 0 Å². The van der Waals surface area contributed by atoms with Crippen LogP contribution in [0, 0.1) is 20.8 Å². The van der Waals surface area contributed by atoms with E-state index in [9.17, 15) is 0 Å². The van der Waals surface area contributed by atoms with Crippen molar-refractivity contribution in [3.8, 4) is 0 Å². The lowest BCUT2D eigenvalue weighted by molar-refractivity contribution is 1.27. The van der Waals surface area contributed by atoms with E-state index in [2.05, 4.69) is 195 Å². The molecule has 0 bridgehead atoms. The van der Waals surface area contributed by atoms with Gasteiger partial charge in [0.05, 0.1) is 0 Å². The van der Waals surface area contributed by atoms with Gasteiger partial charge < -0.3 is 10.2 Å². The Kier molecular flexibility index (Phi) is 9.03. The molecule has 0 atom stereocenters. The van der Waals surface area contributed by atoms with Crippen LogP contribution in [-0.2, 0) is 0 Å². The second kappa shape index (κ2) is 13.8. The summed E-state index contributed by atoms with van der Waals surface area (Å²) in [4.78, 5) is 2.30. The first-order chi connectivity index (χ1) is 22.0. The number of anilines is 4. The fraction of sp³-hybridized carbons (Fsp3) is 0.0698. The van der Waals surface area contributed by atoms with E-state index < -0.39 is 0 Å². The average Bonchev–Trinajstić information content (AvgIpc) is 3.08. The van der Waals surface area contributed by atoms with Crippen molar-refractivity contribution in [2.24, 2.45) is 0 Å². The van der Waals surface area contributed by atoms with E-state index in [-0.39, 0.29) is 0 Å². The molecule has 6 rings (SSSR count). The van der Waals surface area contributed by atoms with Crippen LogP contribution >= 0.6 is 0 Å². The van der Waals surface area contributed by atoms with Gasteiger partial charge in [0.25, 0.3) is 0 Å². The summed E-state index contributed by atoms with van der Waals surface area (Å²) in [6.07, 6.45) is 6.54. The number of hydrogen-bond donors (Lipinski definition) is 1. The van der Waals surface area contributed by atoms with Crippen LogP contribution < -0.4 is 10.2 Å². The topological polar surface area (TPSA) is 15.3 Å². The Labute approximate surface area is 267 Å². The monoisotopic (exact) mass is 582 g/mol. The van der Waals surface area contributed by atoms with Crippen LogP contribution in [0.2, 0.25) is 0 Å². The van der Waals surface area contributed by atoms with Gasteiger partial charge in [-0.05, 0) is 97.6 Å². The highest BCUT2D eigenvalue weighted by atomic mass is 15.1. The van der Waals surface area contributed by atoms with E-state index in [1.165, 1.54) is 16.7 Å². The van der Waals surface area contributed by atoms with E-state index >= 15 is 0 Å². The minimum atomic E-state index is 1.06. The minimum Gasteiger partial charge on any atom is -0.355 e. The molecule has 0 aliphatic heterocycles. The third kappa shape index (κ3) is 7.68. The molecule has 0 unspecified atom stereocenters. The minimum absolute atomic E-state index is 1.06. The van der Waals surface area contributed by atoms with Crippen molar-refractivity contribution in [3.05, 3.63) is 191 Å². The fourth-order valence-electron chi connectivity index (χ4n) is 5.24. The molecule has 6 aromatic carbocycles. The van der Waals surface area contributed by atoms with E-state index in [0.717, 1.165) is 50.7 Å². The molecule has 0 heterocycles. The second-order valence-corrected chi connectivity index (χ2v) is 11.5. The van der Waals surface area contributed by atoms with E-state index in [0.29, 0.717) is 0 Å². The number of nitrogens with one attached hydrogen (secondary N) is 1. The molecule has 0 aliphatic rings. The van der Waals surface area contributed by atoms with Crippen molar-refractivity contribution in [2.45, 2.75) is 20.8 Å². The van der Waals surface area contributed by atoms with Gasteiger partial charge in [-0.25, -0.2) is 0 Å². The lowest BCUT2D eigenvalue weighted by Gasteiger charge is -2.25. The Hall–Kier alpha value is -5.60. The summed E-state index contributed by atoms with van der Waals surface area (Å²) in [6, 6.07) is 53.8. The zero-order chi connectivity index (χ0) is 31.0. The maximum absolute atomic E-state index is 3.63. The normalized spacial score (nSPS) is 11.5. The first-order valence-electron chi connectivity index (χ1n) is 15.4. The maximum Gasteiger partial charge on any atom is 0.0463 e. The van der Waals surface area contributed by atoms with Gasteiger partial charge >= 0.3 is 0 Å². The van der Waals surface area contributed by atoms with Gasteiger partial charge in [0.1, 0.15) is 0 Å². The zero-order valence-electron chi connectivity index (χ0n) is 26.1. The molecule has 220 valence electrons. The molecule has 0 radical (unpaired) electrons. The highest BCUT2D eigenvalue weighted by molar-refractivity contribution is 5.89. The lowest BCUT2D eigenvalue weighted by atomic mass is 10.0. The number of aryl methyl sites for hydroxylation is 3. The molecule has 0 fully saturated rings. The van der Waals surface area contributed by atoms with E-state index in [4.69, 9.17) is 0 Å². The van der Waals surface area contributed by atoms with Gasteiger partial charge in [0.15, 0.2) is 0 Å². The van der Waals surface area contributed by atoms with Crippen molar-refractivity contribution in [1.82, 2.24) is 0 Å². The Bertz CT molecular complexity index is 1830. The van der Waals surface area contributed by atoms with E-state index in [1.807, 2.05) is 6.07 Å². The molecule has 0 aromatic heterocycles. The average molecular weight is 583 g/mol. The first-order valence-corrected chi connectivity index (χ1v) is 15.4. The van der Waals surface area contributed by atoms with Crippen LogP contribution in [0.25, 0.3) is 23.9 Å². The van der Waals surface area contributed by atoms with Crippen LogP contribution in [0.3, 0.4) is 0 Å². The molecule has 45 heavy (non-hydrogen) atoms. The van der Waals surface area contributed by atoms with Crippen molar-refractivity contribution < 1.29 is 0 Å². The summed E-state index contributed by atoms with van der Waals surface area (Å²) in [5.74, 6) is 0. The quantitative estimate of drug-likeness (QED) is 0.171. The van der Waals surface area contributed by atoms with Gasteiger partial charge in [0, 0.05) is 28.4 Å². The molecule has 0 spiro atoms. The van der Waals surface area contributed by atoms with Crippen LogP contribution in [-0.4, -0.2) is 0 Å². The third-order valence-electron chi connectivity index (χ3n) is 7.87. The molecular formula is C43H38N2. The molecule has 0 aliphatic carbocycles. The highest BCUT2D eigenvalue weighted by Crippen LogP contribution is 2.35. The van der Waals surface area contributed by atoms with Crippen molar-refractivity contribution >= 4 is 46.7 Å². The molecule has 2 nitrogen and oxygen atoms in total. The molecule has 0 saturated heterocycles. The molecule has 1 N–H and O–H groups in total. The molecular weight excluding hydrogens is 544 g/mol. The summed E-state index contributed by atoms with van der Waals surface area (Å²) in [5.41, 5.74) is 13.9. The number of benzene rings is 6. The Balaban J connectivity index is 1.21. The SMILES string of the molecule is Cc1ccc(NC(=Cc2ccccc2)c2ccc(C=Cc3ccc(N(c4ccc(C)cc4)c4ccc(C)cc4)cc3)cc2)cc1. The van der Waals surface area contributed by atoms with Crippen molar-refractivity contribution in [3.63, 3.8) is 0 Å². The van der Waals surface area contributed by atoms with Gasteiger partial charge in [-0.3, -0.25) is 0 Å². The summed E-state index contributed by atoms with van der Waals surface area (Å²) in [5, 5.41) is 3.63. The van der Waals surface area contributed by atoms with Crippen LogP contribution in [0.1, 0.15) is 38.9 Å².